The topological polar surface area (TPSA) is 47.7 Å². The second-order valence-electron chi connectivity index (χ2n) is 5.82. The molecule has 0 radical (unpaired) electrons. The Morgan fingerprint density at radius 3 is 2.45 bits per heavy atom. The van der Waals surface area contributed by atoms with Crippen molar-refractivity contribution < 1.29 is 9.47 Å². The van der Waals surface area contributed by atoms with Crippen LogP contribution in [-0.4, -0.2) is 31.2 Å². The van der Waals surface area contributed by atoms with Crippen molar-refractivity contribution in [2.24, 2.45) is 5.92 Å². The highest BCUT2D eigenvalue weighted by Gasteiger charge is 2.20. The molecule has 20 heavy (non-hydrogen) atoms. The first-order valence-corrected chi connectivity index (χ1v) is 7.66. The molecular formula is C16H24N2O2. The molecule has 0 atom stereocenters. The van der Waals surface area contributed by atoms with Gasteiger partial charge in [0.1, 0.15) is 13.2 Å². The highest BCUT2D eigenvalue weighted by atomic mass is 16.6. The van der Waals surface area contributed by atoms with Gasteiger partial charge in [0.05, 0.1) is 0 Å². The molecule has 0 aromatic heterocycles. The van der Waals surface area contributed by atoms with Crippen LogP contribution in [0.5, 0.6) is 11.5 Å². The molecule has 1 fully saturated rings. The number of nitrogens with two attached hydrogens (primary N) is 1. The highest BCUT2D eigenvalue weighted by Crippen LogP contribution is 2.35. The first-order chi connectivity index (χ1) is 9.76. The van der Waals surface area contributed by atoms with Gasteiger partial charge in [0.25, 0.3) is 0 Å². The second-order valence-corrected chi connectivity index (χ2v) is 5.82. The normalized spacial score (nSPS) is 20.1. The van der Waals surface area contributed by atoms with Gasteiger partial charge in [-0.05, 0) is 43.5 Å². The molecule has 0 saturated carbocycles. The molecule has 0 unspecified atom stereocenters. The second kappa shape index (κ2) is 5.92. The molecule has 110 valence electrons. The van der Waals surface area contributed by atoms with Crippen molar-refractivity contribution in [1.29, 1.82) is 0 Å². The minimum atomic E-state index is 0.607. The molecule has 1 aromatic carbocycles. The van der Waals surface area contributed by atoms with Crippen LogP contribution in [0.15, 0.2) is 12.1 Å². The van der Waals surface area contributed by atoms with Gasteiger partial charge in [0.2, 0.25) is 0 Å². The van der Waals surface area contributed by atoms with Gasteiger partial charge in [0, 0.05) is 18.3 Å². The van der Waals surface area contributed by atoms with Crippen LogP contribution >= 0.6 is 0 Å². The summed E-state index contributed by atoms with van der Waals surface area (Å²) in [5, 5.41) is 0. The number of nitrogen functional groups attached to an aromatic ring is 1. The third kappa shape index (κ3) is 2.85. The number of hydrogen-bond acceptors (Lipinski definition) is 4. The van der Waals surface area contributed by atoms with Crippen molar-refractivity contribution >= 4 is 5.69 Å². The molecule has 1 aromatic rings. The van der Waals surface area contributed by atoms with E-state index >= 15 is 0 Å². The van der Waals surface area contributed by atoms with Gasteiger partial charge in [-0.25, -0.2) is 0 Å². The number of anilines is 1. The standard InChI is InChI=1S/C16H24N2O2/c1-2-12-3-5-18(6-4-12)11-13-9-15-16(10-14(13)17)20-8-7-19-15/h9-10,12H,2-8,11,17H2,1H3. The highest BCUT2D eigenvalue weighted by molar-refractivity contribution is 5.58. The van der Waals surface area contributed by atoms with Crippen molar-refractivity contribution in [2.45, 2.75) is 32.7 Å². The lowest BCUT2D eigenvalue weighted by molar-refractivity contribution is 0.167. The third-order valence-corrected chi connectivity index (χ3v) is 4.48. The zero-order valence-electron chi connectivity index (χ0n) is 12.2. The SMILES string of the molecule is CCC1CCN(Cc2cc3c(cc2N)OCCO3)CC1. The molecule has 0 aliphatic carbocycles. The van der Waals surface area contributed by atoms with Crippen LogP contribution in [0, 0.1) is 5.92 Å². The number of nitrogens with zero attached hydrogens (tertiary/aromatic N) is 1. The Morgan fingerprint density at radius 2 is 1.80 bits per heavy atom. The number of piperidine rings is 1. The zero-order valence-corrected chi connectivity index (χ0v) is 12.2. The smallest absolute Gasteiger partial charge is 0.163 e. The molecule has 0 spiro atoms. The third-order valence-electron chi connectivity index (χ3n) is 4.48. The van der Waals surface area contributed by atoms with Gasteiger partial charge in [-0.15, -0.1) is 0 Å². The van der Waals surface area contributed by atoms with E-state index < -0.39 is 0 Å². The summed E-state index contributed by atoms with van der Waals surface area (Å²) in [6, 6.07) is 3.96. The molecule has 2 aliphatic heterocycles. The van der Waals surface area contributed by atoms with Crippen LogP contribution in [0.2, 0.25) is 0 Å². The molecule has 4 heteroatoms. The van der Waals surface area contributed by atoms with Crippen molar-refractivity contribution in [3.05, 3.63) is 17.7 Å². The molecule has 2 N–H and O–H groups in total. The molecule has 3 rings (SSSR count). The van der Waals surface area contributed by atoms with Crippen molar-refractivity contribution in [3.8, 4) is 11.5 Å². The fraction of sp³-hybridized carbons (Fsp3) is 0.625. The summed E-state index contributed by atoms with van der Waals surface area (Å²) >= 11 is 0. The number of ether oxygens (including phenoxy) is 2. The van der Waals surface area contributed by atoms with Crippen LogP contribution in [0.3, 0.4) is 0 Å². The van der Waals surface area contributed by atoms with E-state index in [9.17, 15) is 0 Å². The first-order valence-electron chi connectivity index (χ1n) is 7.66. The van der Waals surface area contributed by atoms with Crippen LogP contribution in [0.1, 0.15) is 31.7 Å². The van der Waals surface area contributed by atoms with Crippen LogP contribution in [0.25, 0.3) is 0 Å². The van der Waals surface area contributed by atoms with E-state index in [1.54, 1.807) is 0 Å². The van der Waals surface area contributed by atoms with Gasteiger partial charge in [-0.2, -0.15) is 0 Å². The Bertz CT molecular complexity index is 468. The Morgan fingerprint density at radius 1 is 1.15 bits per heavy atom. The van der Waals surface area contributed by atoms with Crippen LogP contribution < -0.4 is 15.2 Å². The Balaban J connectivity index is 1.68. The van der Waals surface area contributed by atoms with Crippen molar-refractivity contribution in [3.63, 3.8) is 0 Å². The summed E-state index contributed by atoms with van der Waals surface area (Å²) in [7, 11) is 0. The van der Waals surface area contributed by atoms with Crippen LogP contribution in [-0.2, 0) is 6.54 Å². The Hall–Kier alpha value is -1.42. The maximum atomic E-state index is 6.15. The van der Waals surface area contributed by atoms with E-state index in [-0.39, 0.29) is 0 Å². The van der Waals surface area contributed by atoms with E-state index in [1.807, 2.05) is 6.07 Å². The average molecular weight is 276 g/mol. The number of benzene rings is 1. The minimum absolute atomic E-state index is 0.607. The fourth-order valence-corrected chi connectivity index (χ4v) is 3.08. The largest absolute Gasteiger partial charge is 0.486 e. The number of likely N-dealkylation sites (tertiary alicyclic amines) is 1. The van der Waals surface area contributed by atoms with E-state index in [4.69, 9.17) is 15.2 Å². The lowest BCUT2D eigenvalue weighted by Gasteiger charge is -2.32. The Kier molecular flexibility index (Phi) is 4.01. The average Bonchev–Trinajstić information content (AvgIpc) is 2.49. The number of fused-ring (bicyclic) bond motifs is 1. The van der Waals surface area contributed by atoms with Crippen molar-refractivity contribution in [2.75, 3.05) is 32.0 Å². The zero-order chi connectivity index (χ0) is 13.9. The van der Waals surface area contributed by atoms with Gasteiger partial charge < -0.3 is 15.2 Å². The number of hydrogen-bond donors (Lipinski definition) is 1. The van der Waals surface area contributed by atoms with Gasteiger partial charge >= 0.3 is 0 Å². The quantitative estimate of drug-likeness (QED) is 0.862. The monoisotopic (exact) mass is 276 g/mol. The van der Waals surface area contributed by atoms with Gasteiger partial charge in [0.15, 0.2) is 11.5 Å². The van der Waals surface area contributed by atoms with E-state index in [2.05, 4.69) is 17.9 Å². The Labute approximate surface area is 120 Å². The van der Waals surface area contributed by atoms with E-state index in [0.717, 1.165) is 35.2 Å². The summed E-state index contributed by atoms with van der Waals surface area (Å²) in [5.41, 5.74) is 8.12. The van der Waals surface area contributed by atoms with Crippen molar-refractivity contribution in [1.82, 2.24) is 4.90 Å². The van der Waals surface area contributed by atoms with E-state index in [1.165, 1.54) is 32.4 Å². The molecular weight excluding hydrogens is 252 g/mol. The number of rotatable bonds is 3. The lowest BCUT2D eigenvalue weighted by atomic mass is 9.94. The maximum Gasteiger partial charge on any atom is 0.163 e. The lowest BCUT2D eigenvalue weighted by Crippen LogP contribution is -2.33. The fourth-order valence-electron chi connectivity index (χ4n) is 3.08. The summed E-state index contributed by atoms with van der Waals surface area (Å²) in [6.07, 6.45) is 3.92. The molecule has 2 aliphatic rings. The van der Waals surface area contributed by atoms with Gasteiger partial charge in [-0.3, -0.25) is 4.90 Å². The van der Waals surface area contributed by atoms with E-state index in [0.29, 0.717) is 13.2 Å². The van der Waals surface area contributed by atoms with Crippen LogP contribution in [0.4, 0.5) is 5.69 Å². The molecule has 0 amide bonds. The van der Waals surface area contributed by atoms with Gasteiger partial charge in [-0.1, -0.05) is 13.3 Å². The summed E-state index contributed by atoms with van der Waals surface area (Å²) in [5.74, 6) is 2.52. The minimum Gasteiger partial charge on any atom is -0.486 e. The summed E-state index contributed by atoms with van der Waals surface area (Å²) in [6.45, 7) is 6.78. The summed E-state index contributed by atoms with van der Waals surface area (Å²) in [4.78, 5) is 2.49. The molecule has 4 nitrogen and oxygen atoms in total. The summed E-state index contributed by atoms with van der Waals surface area (Å²) < 4.78 is 11.2. The molecule has 2 heterocycles. The molecule has 0 bridgehead atoms. The first kappa shape index (κ1) is 13.6. The molecule has 1 saturated heterocycles. The predicted molar refractivity (Wildman–Crippen MR) is 80.1 cm³/mol. The maximum absolute atomic E-state index is 6.15. The predicted octanol–water partition coefficient (Wildman–Crippen LogP) is 2.66.